The van der Waals surface area contributed by atoms with Crippen LogP contribution in [0.25, 0.3) is 0 Å². The average Bonchev–Trinajstić information content (AvgIpc) is 2.97. The minimum atomic E-state index is -0.216. The van der Waals surface area contributed by atoms with Gasteiger partial charge in [0.15, 0.2) is 11.5 Å². The fourth-order valence-electron chi connectivity index (χ4n) is 3.63. The minimum absolute atomic E-state index is 0.139. The molecule has 1 fully saturated rings. The van der Waals surface area contributed by atoms with Crippen molar-refractivity contribution in [2.45, 2.75) is 45.9 Å². The van der Waals surface area contributed by atoms with Crippen LogP contribution in [0.15, 0.2) is 18.2 Å². The molecule has 0 spiro atoms. The van der Waals surface area contributed by atoms with Crippen LogP contribution in [0.1, 0.15) is 33.3 Å². The van der Waals surface area contributed by atoms with Crippen molar-refractivity contribution in [3.63, 3.8) is 0 Å². The SMILES string of the molecule is CCN(Cc1ccc2c(c1)OCO2)C(=O)CN1CC(C)OC(C)(C)C1. The molecule has 0 radical (unpaired) electrons. The lowest BCUT2D eigenvalue weighted by Gasteiger charge is -2.41. The molecule has 1 unspecified atom stereocenters. The lowest BCUT2D eigenvalue weighted by atomic mass is 10.1. The molecule has 1 amide bonds. The Morgan fingerprint density at radius 3 is 2.80 bits per heavy atom. The van der Waals surface area contributed by atoms with Crippen LogP contribution in [-0.4, -0.2) is 60.4 Å². The molecule has 25 heavy (non-hydrogen) atoms. The van der Waals surface area contributed by atoms with Crippen LogP contribution in [-0.2, 0) is 16.1 Å². The van der Waals surface area contributed by atoms with E-state index in [1.165, 1.54) is 0 Å². The van der Waals surface area contributed by atoms with Gasteiger partial charge >= 0.3 is 0 Å². The first-order valence-electron chi connectivity index (χ1n) is 8.93. The van der Waals surface area contributed by atoms with Gasteiger partial charge in [-0.1, -0.05) is 6.07 Å². The number of benzene rings is 1. The molecule has 0 bridgehead atoms. The average molecular weight is 348 g/mol. The van der Waals surface area contributed by atoms with E-state index in [2.05, 4.69) is 25.7 Å². The number of likely N-dealkylation sites (N-methyl/N-ethyl adjacent to an activating group) is 1. The van der Waals surface area contributed by atoms with Gasteiger partial charge in [0.05, 0.1) is 18.2 Å². The summed E-state index contributed by atoms with van der Waals surface area (Å²) in [6.07, 6.45) is 0.139. The number of carbonyl (C=O) groups excluding carboxylic acids is 1. The van der Waals surface area contributed by atoms with E-state index in [0.29, 0.717) is 19.6 Å². The molecule has 1 atom stereocenters. The zero-order chi connectivity index (χ0) is 18.0. The van der Waals surface area contributed by atoms with E-state index in [1.807, 2.05) is 30.0 Å². The molecule has 1 saturated heterocycles. The predicted molar refractivity (Wildman–Crippen MR) is 94.7 cm³/mol. The van der Waals surface area contributed by atoms with E-state index >= 15 is 0 Å². The van der Waals surface area contributed by atoms with Crippen molar-refractivity contribution in [1.29, 1.82) is 0 Å². The topological polar surface area (TPSA) is 51.2 Å². The van der Waals surface area contributed by atoms with Gasteiger partial charge in [-0.3, -0.25) is 9.69 Å². The van der Waals surface area contributed by atoms with E-state index in [-0.39, 0.29) is 24.4 Å². The summed E-state index contributed by atoms with van der Waals surface area (Å²) in [7, 11) is 0. The molecule has 6 nitrogen and oxygen atoms in total. The lowest BCUT2D eigenvalue weighted by Crippen LogP contribution is -2.54. The molecule has 0 aliphatic carbocycles. The Morgan fingerprint density at radius 2 is 2.08 bits per heavy atom. The van der Waals surface area contributed by atoms with Crippen LogP contribution in [0, 0.1) is 0 Å². The summed E-state index contributed by atoms with van der Waals surface area (Å²) in [6, 6.07) is 5.85. The summed E-state index contributed by atoms with van der Waals surface area (Å²) in [5, 5.41) is 0. The second kappa shape index (κ2) is 7.22. The summed E-state index contributed by atoms with van der Waals surface area (Å²) < 4.78 is 16.7. The van der Waals surface area contributed by atoms with Crippen LogP contribution in [0.5, 0.6) is 11.5 Å². The molecule has 138 valence electrons. The summed E-state index contributed by atoms with van der Waals surface area (Å²) >= 11 is 0. The molecule has 2 aliphatic rings. The second-order valence-corrected chi connectivity index (χ2v) is 7.45. The Morgan fingerprint density at radius 1 is 1.32 bits per heavy atom. The van der Waals surface area contributed by atoms with Crippen molar-refractivity contribution in [3.8, 4) is 11.5 Å². The highest BCUT2D eigenvalue weighted by Gasteiger charge is 2.32. The van der Waals surface area contributed by atoms with Gasteiger partial charge in [0.1, 0.15) is 0 Å². The number of fused-ring (bicyclic) bond motifs is 1. The Kier molecular flexibility index (Phi) is 5.20. The molecule has 3 rings (SSSR count). The van der Waals surface area contributed by atoms with E-state index < -0.39 is 0 Å². The van der Waals surface area contributed by atoms with Crippen LogP contribution in [0.3, 0.4) is 0 Å². The molecule has 2 heterocycles. The smallest absolute Gasteiger partial charge is 0.237 e. The first kappa shape index (κ1) is 18.0. The van der Waals surface area contributed by atoms with E-state index in [4.69, 9.17) is 14.2 Å². The van der Waals surface area contributed by atoms with Crippen molar-refractivity contribution in [3.05, 3.63) is 23.8 Å². The molecule has 0 saturated carbocycles. The van der Waals surface area contributed by atoms with E-state index in [9.17, 15) is 4.79 Å². The standard InChI is InChI=1S/C19H28N2O4/c1-5-21(10-15-6-7-16-17(8-15)24-13-23-16)18(22)11-20-9-14(2)25-19(3,4)12-20/h6-8,14H,5,9-13H2,1-4H3. The first-order chi connectivity index (χ1) is 11.9. The van der Waals surface area contributed by atoms with Crippen molar-refractivity contribution < 1.29 is 19.0 Å². The summed E-state index contributed by atoms with van der Waals surface area (Å²) in [5.41, 5.74) is 0.835. The van der Waals surface area contributed by atoms with Gasteiger partial charge < -0.3 is 19.1 Å². The number of amides is 1. The third-order valence-electron chi connectivity index (χ3n) is 4.54. The van der Waals surface area contributed by atoms with Crippen molar-refractivity contribution in [2.24, 2.45) is 0 Å². The normalized spacial score (nSPS) is 22.0. The van der Waals surface area contributed by atoms with Crippen LogP contribution < -0.4 is 9.47 Å². The number of morpholine rings is 1. The number of ether oxygens (including phenoxy) is 3. The fourth-order valence-corrected chi connectivity index (χ4v) is 3.63. The van der Waals surface area contributed by atoms with Gasteiger partial charge in [0.2, 0.25) is 12.7 Å². The van der Waals surface area contributed by atoms with E-state index in [1.54, 1.807) is 0 Å². The van der Waals surface area contributed by atoms with Crippen LogP contribution in [0.2, 0.25) is 0 Å². The van der Waals surface area contributed by atoms with Crippen LogP contribution >= 0.6 is 0 Å². The Labute approximate surface area is 149 Å². The maximum Gasteiger partial charge on any atom is 0.237 e. The highest BCUT2D eigenvalue weighted by atomic mass is 16.7. The minimum Gasteiger partial charge on any atom is -0.454 e. The fraction of sp³-hybridized carbons (Fsp3) is 0.632. The zero-order valence-corrected chi connectivity index (χ0v) is 15.6. The van der Waals surface area contributed by atoms with Crippen molar-refractivity contribution in [2.75, 3.05) is 33.0 Å². The van der Waals surface area contributed by atoms with E-state index in [0.717, 1.165) is 30.2 Å². The Hall–Kier alpha value is -1.79. The van der Waals surface area contributed by atoms with Gasteiger partial charge in [-0.25, -0.2) is 0 Å². The summed E-state index contributed by atoms with van der Waals surface area (Å²) in [6.45, 7) is 11.7. The van der Waals surface area contributed by atoms with Gasteiger partial charge in [-0.2, -0.15) is 0 Å². The highest BCUT2D eigenvalue weighted by molar-refractivity contribution is 5.78. The number of nitrogens with zero attached hydrogens (tertiary/aromatic N) is 2. The highest BCUT2D eigenvalue weighted by Crippen LogP contribution is 2.32. The monoisotopic (exact) mass is 348 g/mol. The van der Waals surface area contributed by atoms with Crippen molar-refractivity contribution >= 4 is 5.91 Å². The van der Waals surface area contributed by atoms with Gasteiger partial charge in [-0.15, -0.1) is 0 Å². The third-order valence-corrected chi connectivity index (χ3v) is 4.54. The quantitative estimate of drug-likeness (QED) is 0.817. The largest absolute Gasteiger partial charge is 0.454 e. The third kappa shape index (κ3) is 4.44. The molecule has 6 heteroatoms. The number of hydrogen-bond donors (Lipinski definition) is 0. The predicted octanol–water partition coefficient (Wildman–Crippen LogP) is 2.26. The van der Waals surface area contributed by atoms with Gasteiger partial charge in [0.25, 0.3) is 0 Å². The molecule has 1 aromatic rings. The van der Waals surface area contributed by atoms with Crippen LogP contribution in [0.4, 0.5) is 0 Å². The summed E-state index contributed by atoms with van der Waals surface area (Å²) in [5.74, 6) is 1.66. The molecule has 0 aromatic heterocycles. The van der Waals surface area contributed by atoms with Crippen molar-refractivity contribution in [1.82, 2.24) is 9.80 Å². The molecule has 2 aliphatic heterocycles. The Balaban J connectivity index is 1.61. The molecule has 1 aromatic carbocycles. The zero-order valence-electron chi connectivity index (χ0n) is 15.6. The van der Waals surface area contributed by atoms with Gasteiger partial charge in [-0.05, 0) is 45.4 Å². The molecule has 0 N–H and O–H groups in total. The second-order valence-electron chi connectivity index (χ2n) is 7.45. The van der Waals surface area contributed by atoms with Gasteiger partial charge in [0, 0.05) is 26.2 Å². The summed E-state index contributed by atoms with van der Waals surface area (Å²) in [4.78, 5) is 16.9. The first-order valence-corrected chi connectivity index (χ1v) is 8.93. The number of carbonyl (C=O) groups is 1. The number of hydrogen-bond acceptors (Lipinski definition) is 5. The molecular weight excluding hydrogens is 320 g/mol. The maximum atomic E-state index is 12.8. The molecular formula is C19H28N2O4. The Bertz CT molecular complexity index is 632. The maximum absolute atomic E-state index is 12.8. The number of rotatable bonds is 5. The lowest BCUT2D eigenvalue weighted by molar-refractivity contribution is -0.145.